The molecule has 1 saturated heterocycles. The van der Waals surface area contributed by atoms with E-state index in [9.17, 15) is 10.0 Å². The van der Waals surface area contributed by atoms with Crippen molar-refractivity contribution in [2.24, 2.45) is 0 Å². The van der Waals surface area contributed by atoms with Crippen LogP contribution < -0.4 is 5.56 Å². The van der Waals surface area contributed by atoms with Crippen LogP contribution in [0.3, 0.4) is 0 Å². The summed E-state index contributed by atoms with van der Waals surface area (Å²) in [7, 11) is 0. The average molecular weight is 260 g/mol. The van der Waals surface area contributed by atoms with Crippen molar-refractivity contribution in [2.45, 2.75) is 6.67 Å². The minimum absolute atomic E-state index is 0.0166. The first-order chi connectivity index (χ1) is 9.24. The van der Waals surface area contributed by atoms with E-state index in [4.69, 9.17) is 0 Å². The van der Waals surface area contributed by atoms with Crippen LogP contribution in [0.15, 0.2) is 35.4 Å². The molecule has 1 aromatic heterocycles. The number of hydrogen-bond acceptors (Lipinski definition) is 5. The molecule has 0 atom stereocenters. The van der Waals surface area contributed by atoms with Crippen molar-refractivity contribution in [1.29, 1.82) is 0 Å². The third-order valence-electron chi connectivity index (χ3n) is 3.43. The number of hydroxylamine groups is 2. The summed E-state index contributed by atoms with van der Waals surface area (Å²) in [6.45, 7) is 3.22. The van der Waals surface area contributed by atoms with Gasteiger partial charge >= 0.3 is 0 Å². The Kier molecular flexibility index (Phi) is 3.29. The van der Waals surface area contributed by atoms with Crippen molar-refractivity contribution < 1.29 is 5.21 Å². The molecule has 0 saturated carbocycles. The zero-order chi connectivity index (χ0) is 13.2. The van der Waals surface area contributed by atoms with Crippen LogP contribution in [0.2, 0.25) is 0 Å². The van der Waals surface area contributed by atoms with Gasteiger partial charge in [-0.05, 0) is 12.1 Å². The first kappa shape index (κ1) is 12.3. The molecule has 6 nitrogen and oxygen atoms in total. The summed E-state index contributed by atoms with van der Waals surface area (Å²) in [5.41, 5.74) is 0.709. The number of aromatic nitrogens is 2. The molecule has 1 aromatic carbocycles. The fraction of sp³-hybridized carbons (Fsp3) is 0.385. The van der Waals surface area contributed by atoms with Gasteiger partial charge in [-0.15, -0.1) is 0 Å². The van der Waals surface area contributed by atoms with E-state index in [1.165, 1.54) is 5.06 Å². The highest BCUT2D eigenvalue weighted by atomic mass is 16.5. The monoisotopic (exact) mass is 260 g/mol. The quantitative estimate of drug-likeness (QED) is 0.845. The van der Waals surface area contributed by atoms with E-state index in [2.05, 4.69) is 9.88 Å². The molecule has 19 heavy (non-hydrogen) atoms. The van der Waals surface area contributed by atoms with Gasteiger partial charge in [0.25, 0.3) is 5.56 Å². The Bertz CT molecular complexity index is 632. The van der Waals surface area contributed by atoms with Gasteiger partial charge in [0.15, 0.2) is 0 Å². The Morgan fingerprint density at radius 3 is 2.68 bits per heavy atom. The highest BCUT2D eigenvalue weighted by Gasteiger charge is 2.15. The van der Waals surface area contributed by atoms with Gasteiger partial charge in [-0.1, -0.05) is 12.1 Å². The van der Waals surface area contributed by atoms with E-state index in [1.807, 2.05) is 18.2 Å². The van der Waals surface area contributed by atoms with Gasteiger partial charge in [-0.2, -0.15) is 5.06 Å². The summed E-state index contributed by atoms with van der Waals surface area (Å²) in [6.07, 6.45) is 1.59. The van der Waals surface area contributed by atoms with Gasteiger partial charge in [0, 0.05) is 26.2 Å². The lowest BCUT2D eigenvalue weighted by atomic mass is 10.2. The third-order valence-corrected chi connectivity index (χ3v) is 3.43. The number of nitrogens with zero attached hydrogens (tertiary/aromatic N) is 4. The van der Waals surface area contributed by atoms with E-state index in [0.717, 1.165) is 18.6 Å². The molecular formula is C13H16N4O2. The molecular weight excluding hydrogens is 244 g/mol. The van der Waals surface area contributed by atoms with Crippen LogP contribution in [0.1, 0.15) is 0 Å². The molecule has 1 aliphatic rings. The lowest BCUT2D eigenvalue weighted by Gasteiger charge is -2.31. The first-order valence-electron chi connectivity index (χ1n) is 6.34. The van der Waals surface area contributed by atoms with Gasteiger partial charge in [0.05, 0.1) is 23.9 Å². The highest BCUT2D eigenvalue weighted by molar-refractivity contribution is 5.76. The van der Waals surface area contributed by atoms with Crippen molar-refractivity contribution >= 4 is 10.9 Å². The van der Waals surface area contributed by atoms with Crippen molar-refractivity contribution in [3.63, 3.8) is 0 Å². The molecule has 0 bridgehead atoms. The van der Waals surface area contributed by atoms with E-state index >= 15 is 0 Å². The maximum atomic E-state index is 12.3. The number of hydrogen-bond donors (Lipinski definition) is 1. The normalized spacial score (nSPS) is 17.9. The summed E-state index contributed by atoms with van der Waals surface area (Å²) in [4.78, 5) is 18.7. The van der Waals surface area contributed by atoms with Crippen molar-refractivity contribution in [2.75, 3.05) is 26.2 Å². The Morgan fingerprint density at radius 1 is 1.16 bits per heavy atom. The second-order valence-corrected chi connectivity index (χ2v) is 4.75. The summed E-state index contributed by atoms with van der Waals surface area (Å²) >= 11 is 0. The van der Waals surface area contributed by atoms with Crippen LogP contribution in [0.4, 0.5) is 0 Å². The highest BCUT2D eigenvalue weighted by Crippen LogP contribution is 2.06. The van der Waals surface area contributed by atoms with Crippen molar-refractivity contribution in [1.82, 2.24) is 19.5 Å². The Morgan fingerprint density at radius 2 is 1.89 bits per heavy atom. The third kappa shape index (κ3) is 2.51. The fourth-order valence-corrected chi connectivity index (χ4v) is 2.30. The second-order valence-electron chi connectivity index (χ2n) is 4.75. The number of rotatable bonds is 2. The standard InChI is InChI=1S/C13H16N4O2/c18-13-11-3-1-2-4-12(11)14-9-16(13)10-15-5-7-17(19)8-6-15/h1-4,9,19H,5-8,10H2. The largest absolute Gasteiger partial charge is 0.314 e. The second kappa shape index (κ2) is 5.08. The molecule has 6 heteroatoms. The van der Waals surface area contributed by atoms with Crippen LogP contribution in [0.25, 0.3) is 10.9 Å². The Hall–Kier alpha value is -1.76. The van der Waals surface area contributed by atoms with Crippen LogP contribution in [0.5, 0.6) is 0 Å². The fourth-order valence-electron chi connectivity index (χ4n) is 2.30. The number of piperazine rings is 1. The molecule has 1 fully saturated rings. The smallest absolute Gasteiger partial charge is 0.262 e. The molecule has 0 aliphatic carbocycles. The zero-order valence-corrected chi connectivity index (χ0v) is 10.6. The van der Waals surface area contributed by atoms with Crippen LogP contribution in [-0.4, -0.2) is 50.9 Å². The Balaban J connectivity index is 1.85. The topological polar surface area (TPSA) is 61.6 Å². The van der Waals surface area contributed by atoms with Gasteiger partial charge in [0.1, 0.15) is 0 Å². The number of benzene rings is 1. The van der Waals surface area contributed by atoms with Gasteiger partial charge in [-0.3, -0.25) is 14.3 Å². The number of fused-ring (bicyclic) bond motifs is 1. The molecule has 1 aliphatic heterocycles. The van der Waals surface area contributed by atoms with Gasteiger partial charge in [0.2, 0.25) is 0 Å². The maximum absolute atomic E-state index is 12.3. The number of para-hydroxylation sites is 1. The predicted octanol–water partition coefficient (Wildman–Crippen LogP) is 0.361. The van der Waals surface area contributed by atoms with E-state index in [0.29, 0.717) is 25.1 Å². The summed E-state index contributed by atoms with van der Waals surface area (Å²) in [5, 5.41) is 11.3. The SMILES string of the molecule is O=c1c2ccccc2ncn1CN1CCN(O)CC1. The minimum Gasteiger partial charge on any atom is -0.314 e. The van der Waals surface area contributed by atoms with Crippen LogP contribution >= 0.6 is 0 Å². The molecule has 2 heterocycles. The van der Waals surface area contributed by atoms with Gasteiger partial charge < -0.3 is 5.21 Å². The minimum atomic E-state index is -0.0166. The van der Waals surface area contributed by atoms with E-state index in [-0.39, 0.29) is 5.56 Å². The van der Waals surface area contributed by atoms with Gasteiger partial charge in [-0.25, -0.2) is 4.98 Å². The molecule has 0 amide bonds. The Labute approximate surface area is 110 Å². The zero-order valence-electron chi connectivity index (χ0n) is 10.6. The van der Waals surface area contributed by atoms with Crippen molar-refractivity contribution in [3.05, 3.63) is 40.9 Å². The molecule has 2 aromatic rings. The van der Waals surface area contributed by atoms with E-state index < -0.39 is 0 Å². The lowest BCUT2D eigenvalue weighted by Crippen LogP contribution is -2.46. The van der Waals surface area contributed by atoms with E-state index in [1.54, 1.807) is 17.0 Å². The molecule has 0 unspecified atom stereocenters. The summed E-state index contributed by atoms with van der Waals surface area (Å²) in [6, 6.07) is 7.36. The molecule has 0 spiro atoms. The van der Waals surface area contributed by atoms with Crippen LogP contribution in [-0.2, 0) is 6.67 Å². The van der Waals surface area contributed by atoms with Crippen LogP contribution in [0, 0.1) is 0 Å². The molecule has 3 rings (SSSR count). The summed E-state index contributed by atoms with van der Waals surface area (Å²) < 4.78 is 1.62. The predicted molar refractivity (Wildman–Crippen MR) is 70.9 cm³/mol. The van der Waals surface area contributed by atoms with Crippen molar-refractivity contribution in [3.8, 4) is 0 Å². The molecule has 1 N–H and O–H groups in total. The maximum Gasteiger partial charge on any atom is 0.262 e. The average Bonchev–Trinajstić information content (AvgIpc) is 2.45. The lowest BCUT2D eigenvalue weighted by molar-refractivity contribution is -0.120. The molecule has 0 radical (unpaired) electrons. The summed E-state index contributed by atoms with van der Waals surface area (Å²) in [5.74, 6) is 0. The molecule has 100 valence electrons. The first-order valence-corrected chi connectivity index (χ1v) is 6.34.